The Morgan fingerprint density at radius 1 is 1.27 bits per heavy atom. The number of ether oxygens (including phenoxy) is 1. The summed E-state index contributed by atoms with van der Waals surface area (Å²) in [5, 5.41) is 11.3. The van der Waals surface area contributed by atoms with E-state index in [1.54, 1.807) is 0 Å². The van der Waals surface area contributed by atoms with E-state index in [-0.39, 0.29) is 6.10 Å². The van der Waals surface area contributed by atoms with Crippen LogP contribution in [0.1, 0.15) is 30.9 Å². The van der Waals surface area contributed by atoms with Gasteiger partial charge < -0.3 is 19.9 Å². The predicted octanol–water partition coefficient (Wildman–Crippen LogP) is 3.51. The fourth-order valence-corrected chi connectivity index (χ4v) is 2.64. The second kappa shape index (κ2) is 10.1. The number of halogens is 1. The van der Waals surface area contributed by atoms with E-state index in [4.69, 9.17) is 20.9 Å². The maximum absolute atomic E-state index is 5.89. The summed E-state index contributed by atoms with van der Waals surface area (Å²) in [6, 6.07) is 7.34. The van der Waals surface area contributed by atoms with Crippen LogP contribution in [-0.4, -0.2) is 36.9 Å². The van der Waals surface area contributed by atoms with Crippen LogP contribution < -0.4 is 15.4 Å². The van der Waals surface area contributed by atoms with Crippen molar-refractivity contribution in [1.29, 1.82) is 0 Å². The van der Waals surface area contributed by atoms with Gasteiger partial charge in [0.15, 0.2) is 5.96 Å². The lowest BCUT2D eigenvalue weighted by Crippen LogP contribution is -2.39. The van der Waals surface area contributed by atoms with Gasteiger partial charge in [-0.2, -0.15) is 0 Å². The van der Waals surface area contributed by atoms with Crippen LogP contribution in [0.25, 0.3) is 0 Å². The molecule has 0 aliphatic heterocycles. The molecule has 1 aromatic heterocycles. The lowest BCUT2D eigenvalue weighted by molar-refractivity contribution is 0.230. The summed E-state index contributed by atoms with van der Waals surface area (Å²) in [6.45, 7) is 10.0. The topological polar surface area (TPSA) is 71.7 Å². The Balaban J connectivity index is 1.84. The molecule has 2 rings (SSSR count). The second-order valence-corrected chi connectivity index (χ2v) is 6.52. The fourth-order valence-electron chi connectivity index (χ4n) is 2.51. The number of rotatable bonds is 8. The van der Waals surface area contributed by atoms with Gasteiger partial charge in [-0.3, -0.25) is 0 Å². The number of hydrogen-bond donors (Lipinski definition) is 2. The van der Waals surface area contributed by atoms with Gasteiger partial charge in [-0.25, -0.2) is 4.99 Å². The molecule has 0 bridgehead atoms. The van der Waals surface area contributed by atoms with E-state index in [1.165, 1.54) is 0 Å². The zero-order chi connectivity index (χ0) is 18.9. The number of nitrogens with one attached hydrogen (secondary N) is 2. The molecule has 0 amide bonds. The van der Waals surface area contributed by atoms with Crippen LogP contribution in [-0.2, 0) is 6.42 Å². The third-order valence-corrected chi connectivity index (χ3v) is 4.10. The van der Waals surface area contributed by atoms with Gasteiger partial charge >= 0.3 is 0 Å². The van der Waals surface area contributed by atoms with Gasteiger partial charge in [0, 0.05) is 23.7 Å². The Morgan fingerprint density at radius 2 is 2.00 bits per heavy atom. The van der Waals surface area contributed by atoms with Crippen molar-refractivity contribution < 1.29 is 9.26 Å². The number of hydrogen-bond acceptors (Lipinski definition) is 4. The first-order chi connectivity index (χ1) is 12.5. The number of guanidine groups is 1. The van der Waals surface area contributed by atoms with Crippen molar-refractivity contribution in [2.45, 2.75) is 40.2 Å². The van der Waals surface area contributed by atoms with Crippen molar-refractivity contribution >= 4 is 17.6 Å². The molecule has 1 unspecified atom stereocenters. The Kier molecular flexibility index (Phi) is 7.78. The summed E-state index contributed by atoms with van der Waals surface area (Å²) in [4.78, 5) is 4.60. The third-order valence-electron chi connectivity index (χ3n) is 3.85. The first kappa shape index (κ1) is 20.1. The van der Waals surface area contributed by atoms with Crippen LogP contribution in [0, 0.1) is 13.8 Å². The van der Waals surface area contributed by atoms with Crippen molar-refractivity contribution in [2.24, 2.45) is 4.99 Å². The van der Waals surface area contributed by atoms with Crippen LogP contribution in [0.2, 0.25) is 5.02 Å². The summed E-state index contributed by atoms with van der Waals surface area (Å²) in [7, 11) is 0. The molecule has 6 nitrogen and oxygen atoms in total. The van der Waals surface area contributed by atoms with Crippen LogP contribution in [0.5, 0.6) is 5.75 Å². The van der Waals surface area contributed by atoms with Crippen LogP contribution in [0.4, 0.5) is 0 Å². The molecule has 1 atom stereocenters. The Morgan fingerprint density at radius 3 is 2.62 bits per heavy atom. The standard InChI is InChI=1S/C19H27ClN4O2/c1-5-21-19(22-11-10-18-14(3)24-26-15(18)4)23-12-13(2)25-17-8-6-16(20)7-9-17/h6-9,13H,5,10-12H2,1-4H3,(H2,21,22,23). The summed E-state index contributed by atoms with van der Waals surface area (Å²) in [6.07, 6.45) is 0.789. The summed E-state index contributed by atoms with van der Waals surface area (Å²) >= 11 is 5.89. The molecular formula is C19H27ClN4O2. The van der Waals surface area contributed by atoms with E-state index in [9.17, 15) is 0 Å². The van der Waals surface area contributed by atoms with Gasteiger partial charge in [0.05, 0.1) is 12.2 Å². The first-order valence-corrected chi connectivity index (χ1v) is 9.23. The summed E-state index contributed by atoms with van der Waals surface area (Å²) in [5.74, 6) is 2.43. The Hall–Kier alpha value is -2.21. The van der Waals surface area contributed by atoms with E-state index in [2.05, 4.69) is 20.8 Å². The van der Waals surface area contributed by atoms with E-state index in [1.807, 2.05) is 52.0 Å². The van der Waals surface area contributed by atoms with Gasteiger partial charge in [-0.05, 0) is 58.4 Å². The maximum Gasteiger partial charge on any atom is 0.191 e. The number of aliphatic imine (C=N–C) groups is 1. The van der Waals surface area contributed by atoms with E-state index < -0.39 is 0 Å². The Bertz CT molecular complexity index is 693. The minimum absolute atomic E-state index is 0.0470. The molecule has 26 heavy (non-hydrogen) atoms. The van der Waals surface area contributed by atoms with Crippen molar-refractivity contribution in [3.8, 4) is 5.75 Å². The largest absolute Gasteiger partial charge is 0.489 e. The van der Waals surface area contributed by atoms with Crippen molar-refractivity contribution in [2.75, 3.05) is 19.6 Å². The zero-order valence-corrected chi connectivity index (χ0v) is 16.6. The average molecular weight is 379 g/mol. The lowest BCUT2D eigenvalue weighted by atomic mass is 10.1. The van der Waals surface area contributed by atoms with Gasteiger partial charge in [-0.1, -0.05) is 16.8 Å². The second-order valence-electron chi connectivity index (χ2n) is 6.08. The van der Waals surface area contributed by atoms with Crippen LogP contribution in [0.15, 0.2) is 33.8 Å². The molecular weight excluding hydrogens is 352 g/mol. The lowest BCUT2D eigenvalue weighted by Gasteiger charge is -2.15. The normalized spacial score (nSPS) is 12.7. The molecule has 2 N–H and O–H groups in total. The molecule has 1 heterocycles. The summed E-state index contributed by atoms with van der Waals surface area (Å²) < 4.78 is 11.0. The molecule has 0 saturated heterocycles. The quantitative estimate of drug-likeness (QED) is 0.543. The molecule has 0 radical (unpaired) electrons. The monoisotopic (exact) mass is 378 g/mol. The van der Waals surface area contributed by atoms with Gasteiger partial charge in [0.25, 0.3) is 0 Å². The van der Waals surface area contributed by atoms with E-state index in [0.717, 1.165) is 48.2 Å². The minimum Gasteiger partial charge on any atom is -0.489 e. The predicted molar refractivity (Wildman–Crippen MR) is 105 cm³/mol. The van der Waals surface area contributed by atoms with Gasteiger partial charge in [0.2, 0.25) is 0 Å². The molecule has 142 valence electrons. The maximum atomic E-state index is 5.89. The average Bonchev–Trinajstić information content (AvgIpc) is 2.93. The highest BCUT2D eigenvalue weighted by Gasteiger charge is 2.09. The van der Waals surface area contributed by atoms with Gasteiger partial charge in [0.1, 0.15) is 17.6 Å². The smallest absolute Gasteiger partial charge is 0.191 e. The molecule has 0 fully saturated rings. The number of nitrogens with zero attached hydrogens (tertiary/aromatic N) is 2. The number of benzene rings is 1. The van der Waals surface area contributed by atoms with Crippen molar-refractivity contribution in [3.05, 3.63) is 46.3 Å². The van der Waals surface area contributed by atoms with Crippen LogP contribution >= 0.6 is 11.6 Å². The highest BCUT2D eigenvalue weighted by Crippen LogP contribution is 2.16. The fraction of sp³-hybridized carbons (Fsp3) is 0.474. The molecule has 7 heteroatoms. The number of aromatic nitrogens is 1. The summed E-state index contributed by atoms with van der Waals surface area (Å²) in [5.41, 5.74) is 2.09. The molecule has 0 aliphatic carbocycles. The zero-order valence-electron chi connectivity index (χ0n) is 15.8. The third kappa shape index (κ3) is 6.26. The SMILES string of the molecule is CCNC(=NCC(C)Oc1ccc(Cl)cc1)NCCc1c(C)noc1C. The molecule has 1 aromatic carbocycles. The van der Waals surface area contributed by atoms with Crippen molar-refractivity contribution in [1.82, 2.24) is 15.8 Å². The molecule has 2 aromatic rings. The molecule has 0 saturated carbocycles. The highest BCUT2D eigenvalue weighted by molar-refractivity contribution is 6.30. The molecule has 0 spiro atoms. The minimum atomic E-state index is -0.0470. The van der Waals surface area contributed by atoms with E-state index in [0.29, 0.717) is 11.6 Å². The van der Waals surface area contributed by atoms with E-state index >= 15 is 0 Å². The first-order valence-electron chi connectivity index (χ1n) is 8.85. The van der Waals surface area contributed by atoms with Crippen molar-refractivity contribution in [3.63, 3.8) is 0 Å². The highest BCUT2D eigenvalue weighted by atomic mass is 35.5. The molecule has 0 aliphatic rings. The van der Waals surface area contributed by atoms with Gasteiger partial charge in [-0.15, -0.1) is 0 Å². The number of aryl methyl sites for hydroxylation is 2. The van der Waals surface area contributed by atoms with Crippen LogP contribution in [0.3, 0.4) is 0 Å². The Labute approximate surface area is 160 Å².